The average molecular weight is 399 g/mol. The highest BCUT2D eigenvalue weighted by Gasteiger charge is 2.23. The molecule has 1 atom stereocenters. The van der Waals surface area contributed by atoms with Crippen LogP contribution in [0.3, 0.4) is 0 Å². The fourth-order valence-corrected chi connectivity index (χ4v) is 3.54. The van der Waals surface area contributed by atoms with Crippen molar-refractivity contribution in [2.24, 2.45) is 0 Å². The van der Waals surface area contributed by atoms with Crippen molar-refractivity contribution >= 4 is 17.5 Å². The van der Waals surface area contributed by atoms with E-state index in [0.717, 1.165) is 22.6 Å². The van der Waals surface area contributed by atoms with Crippen molar-refractivity contribution in [1.82, 2.24) is 15.1 Å². The number of carbonyl (C=O) groups is 2. The minimum Gasteiger partial charge on any atom is -0.468 e. The fraction of sp³-hybridized carbons (Fsp3) is 0.455. The summed E-state index contributed by atoms with van der Waals surface area (Å²) in [5.41, 5.74) is 3.01. The molecule has 1 aliphatic heterocycles. The third kappa shape index (κ3) is 5.68. The number of para-hydroxylation sites is 1. The Hall–Kier alpha value is -2.64. The number of rotatable bonds is 7. The molecule has 7 heteroatoms. The summed E-state index contributed by atoms with van der Waals surface area (Å²) in [6.45, 7) is 9.22. The molecule has 0 aliphatic carbocycles. The van der Waals surface area contributed by atoms with Crippen LogP contribution < -0.4 is 10.6 Å². The van der Waals surface area contributed by atoms with Gasteiger partial charge in [-0.2, -0.15) is 0 Å². The summed E-state index contributed by atoms with van der Waals surface area (Å²) in [6.07, 6.45) is 1.63. The predicted octanol–water partition coefficient (Wildman–Crippen LogP) is 2.33. The average Bonchev–Trinajstić information content (AvgIpc) is 3.24. The molecule has 1 aromatic heterocycles. The number of nitrogens with one attached hydrogen (secondary N) is 2. The van der Waals surface area contributed by atoms with Gasteiger partial charge in [-0.15, -0.1) is 0 Å². The van der Waals surface area contributed by atoms with Crippen molar-refractivity contribution < 1.29 is 14.0 Å². The highest BCUT2D eigenvalue weighted by molar-refractivity contribution is 5.93. The van der Waals surface area contributed by atoms with E-state index in [1.54, 1.807) is 6.26 Å². The zero-order valence-corrected chi connectivity index (χ0v) is 17.4. The molecular formula is C22H30N4O3. The van der Waals surface area contributed by atoms with Gasteiger partial charge in [0.1, 0.15) is 5.76 Å². The number of benzene rings is 1. The molecule has 2 aromatic rings. The summed E-state index contributed by atoms with van der Waals surface area (Å²) in [6, 6.07) is 9.70. The van der Waals surface area contributed by atoms with Crippen LogP contribution in [0.2, 0.25) is 0 Å². The molecule has 1 fully saturated rings. The molecule has 0 bridgehead atoms. The minimum atomic E-state index is -0.0175. The second-order valence-electron chi connectivity index (χ2n) is 7.59. The molecule has 1 saturated heterocycles. The van der Waals surface area contributed by atoms with Gasteiger partial charge in [0.2, 0.25) is 11.8 Å². The molecule has 0 unspecified atom stereocenters. The number of piperazine rings is 1. The van der Waals surface area contributed by atoms with Crippen LogP contribution in [0.5, 0.6) is 0 Å². The molecule has 0 radical (unpaired) electrons. The maximum atomic E-state index is 12.5. The molecular weight excluding hydrogens is 368 g/mol. The van der Waals surface area contributed by atoms with Crippen molar-refractivity contribution in [3.8, 4) is 0 Å². The van der Waals surface area contributed by atoms with E-state index in [-0.39, 0.29) is 24.4 Å². The first-order chi connectivity index (χ1) is 13.9. The van der Waals surface area contributed by atoms with Crippen LogP contribution in [0.25, 0.3) is 0 Å². The molecule has 29 heavy (non-hydrogen) atoms. The maximum absolute atomic E-state index is 12.5. The van der Waals surface area contributed by atoms with Crippen LogP contribution in [-0.2, 0) is 9.59 Å². The lowest BCUT2D eigenvalue weighted by molar-refractivity contribution is -0.132. The Kier molecular flexibility index (Phi) is 7.06. The lowest BCUT2D eigenvalue weighted by Gasteiger charge is -2.34. The third-order valence-corrected chi connectivity index (χ3v) is 5.37. The molecule has 0 saturated carbocycles. The standard InChI is InChI=1S/C22H30N4O3/c1-16-6-4-7-17(2)22(16)24-20(27)15-25-9-11-26(12-10-25)21(28)14-23-18(3)19-8-5-13-29-19/h4-8,13,18,23H,9-12,14-15H2,1-3H3,(H,24,27)/t18-/m1/s1. The third-order valence-electron chi connectivity index (χ3n) is 5.37. The molecule has 3 rings (SSSR count). The van der Waals surface area contributed by atoms with Crippen LogP contribution in [0.1, 0.15) is 29.9 Å². The van der Waals surface area contributed by atoms with E-state index in [9.17, 15) is 9.59 Å². The van der Waals surface area contributed by atoms with Crippen LogP contribution in [0.15, 0.2) is 41.0 Å². The van der Waals surface area contributed by atoms with Gasteiger partial charge in [0.15, 0.2) is 0 Å². The van der Waals surface area contributed by atoms with Crippen LogP contribution >= 0.6 is 0 Å². The van der Waals surface area contributed by atoms with Crippen molar-refractivity contribution in [2.75, 3.05) is 44.6 Å². The van der Waals surface area contributed by atoms with Gasteiger partial charge in [-0.3, -0.25) is 19.8 Å². The maximum Gasteiger partial charge on any atom is 0.238 e. The highest BCUT2D eigenvalue weighted by Crippen LogP contribution is 2.19. The van der Waals surface area contributed by atoms with Gasteiger partial charge in [0.05, 0.1) is 25.4 Å². The van der Waals surface area contributed by atoms with E-state index in [1.165, 1.54) is 0 Å². The topological polar surface area (TPSA) is 77.8 Å². The van der Waals surface area contributed by atoms with E-state index in [0.29, 0.717) is 32.7 Å². The number of anilines is 1. The first-order valence-corrected chi connectivity index (χ1v) is 10.1. The van der Waals surface area contributed by atoms with Gasteiger partial charge in [0, 0.05) is 31.9 Å². The quantitative estimate of drug-likeness (QED) is 0.749. The molecule has 156 valence electrons. The van der Waals surface area contributed by atoms with Gasteiger partial charge < -0.3 is 14.6 Å². The normalized spacial score (nSPS) is 15.9. The Balaban J connectivity index is 1.40. The molecule has 1 aromatic carbocycles. The van der Waals surface area contributed by atoms with Crippen LogP contribution in [0, 0.1) is 13.8 Å². The Labute approximate surface area is 172 Å². The Bertz CT molecular complexity index is 806. The Morgan fingerprint density at radius 2 is 1.76 bits per heavy atom. The summed E-state index contributed by atoms with van der Waals surface area (Å²) in [5.74, 6) is 0.872. The van der Waals surface area contributed by atoms with Gasteiger partial charge in [-0.05, 0) is 44.0 Å². The second-order valence-corrected chi connectivity index (χ2v) is 7.59. The number of carbonyl (C=O) groups excluding carboxylic acids is 2. The minimum absolute atomic E-state index is 0.0103. The monoisotopic (exact) mass is 398 g/mol. The number of aryl methyl sites for hydroxylation is 2. The number of furan rings is 1. The van der Waals surface area contributed by atoms with E-state index in [1.807, 2.05) is 56.0 Å². The fourth-order valence-electron chi connectivity index (χ4n) is 3.54. The summed E-state index contributed by atoms with van der Waals surface area (Å²) < 4.78 is 5.35. The largest absolute Gasteiger partial charge is 0.468 e. The summed E-state index contributed by atoms with van der Waals surface area (Å²) in [5, 5.41) is 6.23. The van der Waals surface area contributed by atoms with Crippen molar-refractivity contribution in [1.29, 1.82) is 0 Å². The first kappa shape index (κ1) is 21.1. The number of amides is 2. The van der Waals surface area contributed by atoms with Gasteiger partial charge >= 0.3 is 0 Å². The van der Waals surface area contributed by atoms with E-state index in [4.69, 9.17) is 4.42 Å². The van der Waals surface area contributed by atoms with E-state index in [2.05, 4.69) is 15.5 Å². The number of hydrogen-bond acceptors (Lipinski definition) is 5. The lowest BCUT2D eigenvalue weighted by Crippen LogP contribution is -2.52. The Morgan fingerprint density at radius 1 is 1.07 bits per heavy atom. The molecule has 2 N–H and O–H groups in total. The van der Waals surface area contributed by atoms with Crippen molar-refractivity contribution in [3.63, 3.8) is 0 Å². The van der Waals surface area contributed by atoms with Gasteiger partial charge in [-0.1, -0.05) is 18.2 Å². The molecule has 1 aliphatic rings. The summed E-state index contributed by atoms with van der Waals surface area (Å²) >= 11 is 0. The first-order valence-electron chi connectivity index (χ1n) is 10.1. The van der Waals surface area contributed by atoms with Crippen LogP contribution in [0.4, 0.5) is 5.69 Å². The lowest BCUT2D eigenvalue weighted by atomic mass is 10.1. The Morgan fingerprint density at radius 3 is 2.38 bits per heavy atom. The van der Waals surface area contributed by atoms with Crippen molar-refractivity contribution in [3.05, 3.63) is 53.5 Å². The second kappa shape index (κ2) is 9.71. The smallest absolute Gasteiger partial charge is 0.238 e. The predicted molar refractivity (Wildman–Crippen MR) is 113 cm³/mol. The zero-order valence-electron chi connectivity index (χ0n) is 17.4. The molecule has 7 nitrogen and oxygen atoms in total. The van der Waals surface area contributed by atoms with Crippen LogP contribution in [-0.4, -0.2) is 60.9 Å². The van der Waals surface area contributed by atoms with E-state index >= 15 is 0 Å². The van der Waals surface area contributed by atoms with Gasteiger partial charge in [-0.25, -0.2) is 0 Å². The van der Waals surface area contributed by atoms with Gasteiger partial charge in [0.25, 0.3) is 0 Å². The number of hydrogen-bond donors (Lipinski definition) is 2. The summed E-state index contributed by atoms with van der Waals surface area (Å²) in [7, 11) is 0. The highest BCUT2D eigenvalue weighted by atomic mass is 16.3. The zero-order chi connectivity index (χ0) is 20.8. The molecule has 2 amide bonds. The molecule has 0 spiro atoms. The molecule has 2 heterocycles. The number of nitrogens with zero attached hydrogens (tertiary/aromatic N) is 2. The SMILES string of the molecule is Cc1cccc(C)c1NC(=O)CN1CCN(C(=O)CN[C@H](C)c2ccco2)CC1. The summed E-state index contributed by atoms with van der Waals surface area (Å²) in [4.78, 5) is 28.8. The van der Waals surface area contributed by atoms with E-state index < -0.39 is 0 Å². The van der Waals surface area contributed by atoms with Crippen molar-refractivity contribution in [2.45, 2.75) is 26.8 Å².